The van der Waals surface area contributed by atoms with Crippen molar-refractivity contribution in [3.05, 3.63) is 11.6 Å². The summed E-state index contributed by atoms with van der Waals surface area (Å²) in [5.74, 6) is 3.49. The maximum absolute atomic E-state index is 11.9. The molecule has 0 heterocycles. The van der Waals surface area contributed by atoms with E-state index >= 15 is 0 Å². The summed E-state index contributed by atoms with van der Waals surface area (Å²) in [4.78, 5) is 0. The lowest BCUT2D eigenvalue weighted by Gasteiger charge is -2.62. The summed E-state index contributed by atoms with van der Waals surface area (Å²) in [6.45, 7) is 12.1. The van der Waals surface area contributed by atoms with E-state index in [1.165, 1.54) is 44.9 Å². The molecule has 0 amide bonds. The number of fused-ring (bicyclic) bond motifs is 5. The summed E-state index contributed by atoms with van der Waals surface area (Å²) >= 11 is 0. The molecule has 4 aliphatic carbocycles. The molecule has 0 unspecified atom stereocenters. The number of methoxy groups -OCH3 is 1. The van der Waals surface area contributed by atoms with Gasteiger partial charge in [-0.2, -0.15) is 0 Å². The van der Waals surface area contributed by atoms with Crippen molar-refractivity contribution in [1.29, 1.82) is 0 Å². The molecular weight excluding hydrogens is 384 g/mol. The van der Waals surface area contributed by atoms with Gasteiger partial charge in [0.1, 0.15) is 11.7 Å². The molecule has 3 fully saturated rings. The second-order valence-corrected chi connectivity index (χ2v) is 12.7. The number of hydrogen-bond donors (Lipinski definition) is 2. The lowest BCUT2D eigenvalue weighted by atomic mass is 9.45. The van der Waals surface area contributed by atoms with Crippen LogP contribution in [0.15, 0.2) is 11.6 Å². The van der Waals surface area contributed by atoms with E-state index in [4.69, 9.17) is 4.74 Å². The molecule has 0 aromatic carbocycles. The Morgan fingerprint density at radius 1 is 1.03 bits per heavy atom. The molecule has 3 saturated carbocycles. The molecule has 4 rings (SSSR count). The van der Waals surface area contributed by atoms with E-state index < -0.39 is 11.7 Å². The van der Waals surface area contributed by atoms with Gasteiger partial charge >= 0.3 is 0 Å². The molecule has 9 atom stereocenters. The van der Waals surface area contributed by atoms with Gasteiger partial charge in [0.25, 0.3) is 0 Å². The minimum Gasteiger partial charge on any atom is -0.393 e. The van der Waals surface area contributed by atoms with E-state index in [2.05, 4.69) is 40.7 Å². The third-order valence-corrected chi connectivity index (χ3v) is 10.7. The van der Waals surface area contributed by atoms with Crippen LogP contribution < -0.4 is 0 Å². The van der Waals surface area contributed by atoms with E-state index in [0.29, 0.717) is 23.7 Å². The van der Waals surface area contributed by atoms with Gasteiger partial charge in [-0.15, -0.1) is 0 Å². The van der Waals surface area contributed by atoms with Gasteiger partial charge in [-0.3, -0.25) is 0 Å². The zero-order chi connectivity index (χ0) is 22.6. The van der Waals surface area contributed by atoms with Crippen LogP contribution in [0, 0.1) is 40.4 Å². The Morgan fingerprint density at radius 2 is 1.77 bits per heavy atom. The standard InChI is InChI=1S/C28H48O3/c1-18(2)8-7-9-19(3)22-10-11-23-21-16-25(31-6)28(30)17-20(29)12-15-27(28,5)24(21)13-14-26(22,23)4/h16,18-20,22-25,29-30H,7-15,17H2,1-6H3/t19-,20+,22-,23+,24+,25-,26-,27-,28+/m1/s1. The van der Waals surface area contributed by atoms with Crippen molar-refractivity contribution in [3.63, 3.8) is 0 Å². The van der Waals surface area contributed by atoms with E-state index in [0.717, 1.165) is 30.6 Å². The third kappa shape index (κ3) is 3.66. The molecule has 0 saturated heterocycles. The van der Waals surface area contributed by atoms with E-state index in [-0.39, 0.29) is 11.5 Å². The van der Waals surface area contributed by atoms with Crippen LogP contribution in [0.3, 0.4) is 0 Å². The highest BCUT2D eigenvalue weighted by Gasteiger charge is 2.65. The van der Waals surface area contributed by atoms with Gasteiger partial charge in [0.15, 0.2) is 0 Å². The maximum atomic E-state index is 11.9. The number of aliphatic hydroxyl groups excluding tert-OH is 1. The van der Waals surface area contributed by atoms with Crippen molar-refractivity contribution in [2.45, 2.75) is 117 Å². The molecule has 3 nitrogen and oxygen atoms in total. The van der Waals surface area contributed by atoms with Crippen LogP contribution in [0.25, 0.3) is 0 Å². The van der Waals surface area contributed by atoms with E-state index in [1.54, 1.807) is 12.7 Å². The monoisotopic (exact) mass is 432 g/mol. The fourth-order valence-electron chi connectivity index (χ4n) is 8.81. The van der Waals surface area contributed by atoms with Crippen molar-refractivity contribution < 1.29 is 14.9 Å². The number of hydrogen-bond acceptors (Lipinski definition) is 3. The van der Waals surface area contributed by atoms with Gasteiger partial charge < -0.3 is 14.9 Å². The number of aliphatic hydroxyl groups is 2. The van der Waals surface area contributed by atoms with Crippen molar-refractivity contribution in [2.24, 2.45) is 40.4 Å². The molecule has 0 aliphatic heterocycles. The van der Waals surface area contributed by atoms with Crippen LogP contribution in [-0.2, 0) is 4.74 Å². The van der Waals surface area contributed by atoms with Gasteiger partial charge in [-0.1, -0.05) is 65.5 Å². The van der Waals surface area contributed by atoms with Crippen LogP contribution in [0.5, 0.6) is 0 Å². The average Bonchev–Trinajstić information content (AvgIpc) is 3.05. The van der Waals surface area contributed by atoms with Gasteiger partial charge in [0, 0.05) is 18.9 Å². The summed E-state index contributed by atoms with van der Waals surface area (Å²) in [6, 6.07) is 0. The highest BCUT2D eigenvalue weighted by atomic mass is 16.5. The first-order chi connectivity index (χ1) is 14.6. The van der Waals surface area contributed by atoms with Crippen LogP contribution in [0.2, 0.25) is 0 Å². The molecular formula is C28H48O3. The fraction of sp³-hybridized carbons (Fsp3) is 0.929. The Bertz CT molecular complexity index is 686. The van der Waals surface area contributed by atoms with Crippen LogP contribution in [0.4, 0.5) is 0 Å². The lowest BCUT2D eigenvalue weighted by Crippen LogP contribution is -2.65. The molecule has 178 valence electrons. The second kappa shape index (κ2) is 8.44. The molecule has 3 heteroatoms. The molecule has 0 radical (unpaired) electrons. The highest BCUT2D eigenvalue weighted by Crippen LogP contribution is 2.67. The van der Waals surface area contributed by atoms with Gasteiger partial charge in [0.2, 0.25) is 0 Å². The van der Waals surface area contributed by atoms with Gasteiger partial charge in [-0.25, -0.2) is 0 Å². The van der Waals surface area contributed by atoms with Crippen LogP contribution >= 0.6 is 0 Å². The Balaban J connectivity index is 1.61. The molecule has 0 spiro atoms. The molecule has 0 aromatic heterocycles. The van der Waals surface area contributed by atoms with E-state index in [1.807, 2.05) is 0 Å². The predicted molar refractivity (Wildman–Crippen MR) is 127 cm³/mol. The Kier molecular flexibility index (Phi) is 6.47. The van der Waals surface area contributed by atoms with Crippen molar-refractivity contribution in [3.8, 4) is 0 Å². The zero-order valence-corrected chi connectivity index (χ0v) is 21.0. The van der Waals surface area contributed by atoms with Crippen LogP contribution in [-0.4, -0.2) is 35.1 Å². The summed E-state index contributed by atoms with van der Waals surface area (Å²) in [7, 11) is 1.73. The largest absolute Gasteiger partial charge is 0.393 e. The summed E-state index contributed by atoms with van der Waals surface area (Å²) in [5.41, 5.74) is 0.835. The Morgan fingerprint density at radius 3 is 2.45 bits per heavy atom. The predicted octanol–water partition coefficient (Wildman–Crippen LogP) is 6.13. The summed E-state index contributed by atoms with van der Waals surface area (Å²) < 4.78 is 5.92. The average molecular weight is 433 g/mol. The van der Waals surface area contributed by atoms with Crippen molar-refractivity contribution in [1.82, 2.24) is 0 Å². The number of ether oxygens (including phenoxy) is 1. The van der Waals surface area contributed by atoms with Gasteiger partial charge in [0.05, 0.1) is 6.10 Å². The first-order valence-electron chi connectivity index (χ1n) is 13.2. The minimum absolute atomic E-state index is 0.195. The number of rotatable bonds is 6. The Hall–Kier alpha value is -0.380. The Labute approximate surface area is 191 Å². The van der Waals surface area contributed by atoms with E-state index in [9.17, 15) is 10.2 Å². The molecule has 0 bridgehead atoms. The molecule has 0 aromatic rings. The zero-order valence-electron chi connectivity index (χ0n) is 21.0. The quantitative estimate of drug-likeness (QED) is 0.497. The first-order valence-corrected chi connectivity index (χ1v) is 13.2. The fourth-order valence-corrected chi connectivity index (χ4v) is 8.81. The summed E-state index contributed by atoms with van der Waals surface area (Å²) in [6.07, 6.45) is 12.9. The minimum atomic E-state index is -0.955. The van der Waals surface area contributed by atoms with Gasteiger partial charge in [-0.05, 0) is 73.5 Å². The molecule has 31 heavy (non-hydrogen) atoms. The second-order valence-electron chi connectivity index (χ2n) is 12.7. The lowest BCUT2D eigenvalue weighted by molar-refractivity contribution is -0.216. The normalized spacial score (nSPS) is 48.0. The molecule has 4 aliphatic rings. The number of allylic oxidation sites excluding steroid dienone is 1. The van der Waals surface area contributed by atoms with Crippen molar-refractivity contribution >= 4 is 0 Å². The SMILES string of the molecule is CO[C@@H]1C=C2[C@@H]3CC[C@H]([C@H](C)CCCC(C)C)[C@@]3(C)CC[C@@H]2[C@@]2(C)CC[C@H](O)C[C@]12O. The smallest absolute Gasteiger partial charge is 0.105 e. The first kappa shape index (κ1) is 23.8. The third-order valence-electron chi connectivity index (χ3n) is 10.7. The summed E-state index contributed by atoms with van der Waals surface area (Å²) in [5, 5.41) is 22.3. The molecule has 2 N–H and O–H groups in total. The van der Waals surface area contributed by atoms with Crippen molar-refractivity contribution in [2.75, 3.05) is 7.11 Å². The maximum Gasteiger partial charge on any atom is 0.105 e. The van der Waals surface area contributed by atoms with Crippen LogP contribution in [0.1, 0.15) is 98.8 Å². The highest BCUT2D eigenvalue weighted by molar-refractivity contribution is 5.33. The topological polar surface area (TPSA) is 49.7 Å².